The highest BCUT2D eigenvalue weighted by Gasteiger charge is 2.37. The largest absolute Gasteiger partial charge is 0.356 e. The van der Waals surface area contributed by atoms with Crippen molar-refractivity contribution in [1.29, 1.82) is 0 Å². The van der Waals surface area contributed by atoms with E-state index in [1.165, 1.54) is 16.5 Å². The van der Waals surface area contributed by atoms with Crippen molar-refractivity contribution in [2.45, 2.75) is 24.8 Å². The molecule has 4 heteroatoms. The molecule has 1 aliphatic carbocycles. The van der Waals surface area contributed by atoms with Crippen LogP contribution < -0.4 is 5.73 Å². The number of aromatic nitrogens is 2. The normalized spacial score (nSPS) is 20.8. The number of nitrogens with two attached hydrogens (primary N) is 1. The number of fused-ring (bicyclic) bond motifs is 3. The van der Waals surface area contributed by atoms with Crippen molar-refractivity contribution < 1.29 is 0 Å². The van der Waals surface area contributed by atoms with E-state index in [-0.39, 0.29) is 12.4 Å². The molecule has 0 amide bonds. The second-order valence-electron chi connectivity index (χ2n) is 5.56. The Morgan fingerprint density at radius 3 is 2.71 bits per heavy atom. The van der Waals surface area contributed by atoms with Gasteiger partial charge in [0.2, 0.25) is 0 Å². The van der Waals surface area contributed by atoms with Gasteiger partial charge in [0.05, 0.1) is 11.2 Å². The summed E-state index contributed by atoms with van der Waals surface area (Å²) in [6.45, 7) is 0. The smallest absolute Gasteiger partial charge is 0.0992 e. The summed E-state index contributed by atoms with van der Waals surface area (Å²) in [7, 11) is 0. The highest BCUT2D eigenvalue weighted by molar-refractivity contribution is 5.86. The molecule has 0 bridgehead atoms. The van der Waals surface area contributed by atoms with Crippen molar-refractivity contribution in [3.8, 4) is 0 Å². The number of rotatable bonds is 1. The molecule has 4 rings (SSSR count). The fraction of sp³-hybridized carbons (Fsp3) is 0.235. The van der Waals surface area contributed by atoms with Crippen molar-refractivity contribution in [3.05, 3.63) is 65.6 Å². The van der Waals surface area contributed by atoms with E-state index in [0.717, 1.165) is 30.7 Å². The van der Waals surface area contributed by atoms with Crippen LogP contribution in [0.25, 0.3) is 10.9 Å². The van der Waals surface area contributed by atoms with Gasteiger partial charge in [-0.15, -0.1) is 12.4 Å². The van der Waals surface area contributed by atoms with Crippen molar-refractivity contribution in [3.63, 3.8) is 0 Å². The molecule has 2 aromatic heterocycles. The van der Waals surface area contributed by atoms with E-state index in [0.29, 0.717) is 0 Å². The fourth-order valence-electron chi connectivity index (χ4n) is 3.39. The van der Waals surface area contributed by atoms with Crippen LogP contribution in [0.15, 0.2) is 48.7 Å². The van der Waals surface area contributed by atoms with E-state index in [2.05, 4.69) is 34.2 Å². The number of pyridine rings is 1. The minimum absolute atomic E-state index is 0. The van der Waals surface area contributed by atoms with E-state index in [1.807, 2.05) is 24.4 Å². The van der Waals surface area contributed by atoms with Crippen LogP contribution in [0.4, 0.5) is 0 Å². The number of aryl methyl sites for hydroxylation is 1. The standard InChI is InChI=1S/C17H17N3.ClH/c18-17(15-9-3-4-11-19-15)10-5-7-13-12-6-1-2-8-14(12)20-16(13)17;/h1-4,6,8-9,11,20H,5,7,10,18H2;1H. The summed E-state index contributed by atoms with van der Waals surface area (Å²) in [5.41, 5.74) is 10.9. The summed E-state index contributed by atoms with van der Waals surface area (Å²) in [6, 6.07) is 14.4. The molecule has 0 saturated heterocycles. The maximum Gasteiger partial charge on any atom is 0.0992 e. The van der Waals surface area contributed by atoms with Crippen LogP contribution >= 0.6 is 12.4 Å². The predicted molar refractivity (Wildman–Crippen MR) is 87.7 cm³/mol. The summed E-state index contributed by atoms with van der Waals surface area (Å²) < 4.78 is 0. The SMILES string of the molecule is Cl.NC1(c2ccccn2)CCCc2c1[nH]c1ccccc21. The molecule has 1 unspecified atom stereocenters. The molecule has 0 saturated carbocycles. The van der Waals surface area contributed by atoms with Crippen molar-refractivity contribution in [1.82, 2.24) is 9.97 Å². The van der Waals surface area contributed by atoms with Gasteiger partial charge in [-0.3, -0.25) is 4.98 Å². The zero-order valence-electron chi connectivity index (χ0n) is 11.7. The van der Waals surface area contributed by atoms with Gasteiger partial charge < -0.3 is 10.7 Å². The van der Waals surface area contributed by atoms with Crippen LogP contribution in [-0.4, -0.2) is 9.97 Å². The molecule has 1 atom stereocenters. The molecule has 0 aliphatic heterocycles. The number of benzene rings is 1. The van der Waals surface area contributed by atoms with Gasteiger partial charge in [-0.1, -0.05) is 24.3 Å². The van der Waals surface area contributed by atoms with Crippen molar-refractivity contribution >= 4 is 23.3 Å². The third-order valence-electron chi connectivity index (χ3n) is 4.38. The number of nitrogens with one attached hydrogen (secondary N) is 1. The number of para-hydroxylation sites is 1. The highest BCUT2D eigenvalue weighted by Crippen LogP contribution is 2.40. The second-order valence-corrected chi connectivity index (χ2v) is 5.56. The molecule has 0 spiro atoms. The van der Waals surface area contributed by atoms with E-state index < -0.39 is 5.54 Å². The Morgan fingerprint density at radius 2 is 1.90 bits per heavy atom. The van der Waals surface area contributed by atoms with Gasteiger partial charge in [0.15, 0.2) is 0 Å². The lowest BCUT2D eigenvalue weighted by Crippen LogP contribution is -2.42. The van der Waals surface area contributed by atoms with Crippen LogP contribution in [0.5, 0.6) is 0 Å². The maximum absolute atomic E-state index is 6.76. The van der Waals surface area contributed by atoms with Gasteiger partial charge in [-0.05, 0) is 43.0 Å². The van der Waals surface area contributed by atoms with Gasteiger partial charge >= 0.3 is 0 Å². The molecule has 108 valence electrons. The molecule has 3 aromatic rings. The zero-order chi connectivity index (χ0) is 13.6. The lowest BCUT2D eigenvalue weighted by atomic mass is 9.78. The van der Waals surface area contributed by atoms with Crippen LogP contribution in [0.1, 0.15) is 29.8 Å². The quantitative estimate of drug-likeness (QED) is 0.722. The molecule has 2 heterocycles. The third kappa shape index (κ3) is 2.04. The molecule has 1 aliphatic rings. The topological polar surface area (TPSA) is 54.7 Å². The Balaban J connectivity index is 0.00000132. The molecule has 1 aromatic carbocycles. The molecule has 0 fully saturated rings. The van der Waals surface area contributed by atoms with E-state index in [4.69, 9.17) is 5.73 Å². The molecule has 21 heavy (non-hydrogen) atoms. The first-order valence-corrected chi connectivity index (χ1v) is 7.09. The van der Waals surface area contributed by atoms with Gasteiger partial charge in [0.1, 0.15) is 0 Å². The number of hydrogen-bond donors (Lipinski definition) is 2. The van der Waals surface area contributed by atoms with Crippen molar-refractivity contribution in [2.24, 2.45) is 5.73 Å². The summed E-state index contributed by atoms with van der Waals surface area (Å²) in [6.07, 6.45) is 4.94. The molecule has 0 radical (unpaired) electrons. The van der Waals surface area contributed by atoms with Crippen LogP contribution in [0.3, 0.4) is 0 Å². The van der Waals surface area contributed by atoms with Gasteiger partial charge in [-0.25, -0.2) is 0 Å². The van der Waals surface area contributed by atoms with E-state index in [1.54, 1.807) is 0 Å². The minimum Gasteiger partial charge on any atom is -0.356 e. The fourth-order valence-corrected chi connectivity index (χ4v) is 3.39. The third-order valence-corrected chi connectivity index (χ3v) is 4.38. The van der Waals surface area contributed by atoms with Gasteiger partial charge in [-0.2, -0.15) is 0 Å². The molecular weight excluding hydrogens is 282 g/mol. The maximum atomic E-state index is 6.76. The van der Waals surface area contributed by atoms with Gasteiger partial charge in [0, 0.05) is 22.8 Å². The lowest BCUT2D eigenvalue weighted by Gasteiger charge is -2.33. The minimum atomic E-state index is -0.492. The van der Waals surface area contributed by atoms with Crippen LogP contribution in [0.2, 0.25) is 0 Å². The van der Waals surface area contributed by atoms with Crippen LogP contribution in [-0.2, 0) is 12.0 Å². The van der Waals surface area contributed by atoms with Crippen LogP contribution in [0, 0.1) is 0 Å². The lowest BCUT2D eigenvalue weighted by molar-refractivity contribution is 0.423. The van der Waals surface area contributed by atoms with Crippen molar-refractivity contribution in [2.75, 3.05) is 0 Å². The average molecular weight is 300 g/mol. The average Bonchev–Trinajstić information content (AvgIpc) is 2.89. The Morgan fingerprint density at radius 1 is 1.10 bits per heavy atom. The van der Waals surface area contributed by atoms with E-state index >= 15 is 0 Å². The second kappa shape index (κ2) is 5.17. The highest BCUT2D eigenvalue weighted by atomic mass is 35.5. The van der Waals surface area contributed by atoms with E-state index in [9.17, 15) is 0 Å². The first-order chi connectivity index (χ1) is 9.79. The Bertz CT molecular complexity index is 766. The Hall–Kier alpha value is -1.84. The van der Waals surface area contributed by atoms with Gasteiger partial charge in [0.25, 0.3) is 0 Å². The number of halogens is 1. The zero-order valence-corrected chi connectivity index (χ0v) is 12.5. The first-order valence-electron chi connectivity index (χ1n) is 7.09. The monoisotopic (exact) mass is 299 g/mol. The first kappa shape index (κ1) is 14.1. The predicted octanol–water partition coefficient (Wildman–Crippen LogP) is 3.52. The summed E-state index contributed by atoms with van der Waals surface area (Å²) in [5.74, 6) is 0. The Labute approximate surface area is 130 Å². The number of aromatic amines is 1. The summed E-state index contributed by atoms with van der Waals surface area (Å²) in [4.78, 5) is 8.04. The molecule has 3 nitrogen and oxygen atoms in total. The number of nitrogens with zero attached hydrogens (tertiary/aromatic N) is 1. The summed E-state index contributed by atoms with van der Waals surface area (Å²) in [5, 5.41) is 1.30. The number of H-pyrrole nitrogens is 1. The number of hydrogen-bond acceptors (Lipinski definition) is 2. The molecular formula is C17H18ClN3. The Kier molecular flexibility index (Phi) is 3.47. The summed E-state index contributed by atoms with van der Waals surface area (Å²) >= 11 is 0. The molecule has 3 N–H and O–H groups in total.